The van der Waals surface area contributed by atoms with E-state index in [1.165, 1.54) is 12.1 Å². The summed E-state index contributed by atoms with van der Waals surface area (Å²) in [6, 6.07) is 14.0. The van der Waals surface area contributed by atoms with Crippen molar-refractivity contribution in [1.29, 1.82) is 0 Å². The van der Waals surface area contributed by atoms with Gasteiger partial charge in [-0.1, -0.05) is 30.3 Å². The SMILES string of the molecule is C[C@H](C(=O)NC1COc2ccccc2C1N1CCOCC1)c1ccc(F)cc1. The smallest absolute Gasteiger partial charge is 0.227 e. The van der Waals surface area contributed by atoms with E-state index in [0.717, 1.165) is 30.0 Å². The summed E-state index contributed by atoms with van der Waals surface area (Å²) in [4.78, 5) is 15.3. The standard InChI is InChI=1S/C22H25FN2O3/c1-15(16-6-8-17(23)9-7-16)22(26)24-19-14-28-20-5-3-2-4-18(20)21(19)25-10-12-27-13-11-25/h2-9,15,19,21H,10-14H2,1H3,(H,24,26)/t15-,19?,21?/m0/s1. The lowest BCUT2D eigenvalue weighted by atomic mass is 9.93. The van der Waals surface area contributed by atoms with Gasteiger partial charge in [0.2, 0.25) is 5.91 Å². The van der Waals surface area contributed by atoms with Crippen molar-refractivity contribution in [3.63, 3.8) is 0 Å². The molecular formula is C22H25FN2O3. The molecule has 3 atom stereocenters. The summed E-state index contributed by atoms with van der Waals surface area (Å²) in [6.45, 7) is 5.26. The molecule has 1 fully saturated rings. The zero-order chi connectivity index (χ0) is 19.5. The Labute approximate surface area is 164 Å². The molecule has 0 bridgehead atoms. The molecule has 0 aliphatic carbocycles. The van der Waals surface area contributed by atoms with Crippen LogP contribution in [-0.2, 0) is 9.53 Å². The van der Waals surface area contributed by atoms with Crippen LogP contribution in [0.5, 0.6) is 5.75 Å². The van der Waals surface area contributed by atoms with Crippen LogP contribution in [0.4, 0.5) is 4.39 Å². The van der Waals surface area contributed by atoms with Crippen LogP contribution < -0.4 is 10.1 Å². The Bertz CT molecular complexity index is 821. The van der Waals surface area contributed by atoms with E-state index in [2.05, 4.69) is 16.3 Å². The van der Waals surface area contributed by atoms with Crippen molar-refractivity contribution >= 4 is 5.91 Å². The molecule has 5 nitrogen and oxygen atoms in total. The van der Waals surface area contributed by atoms with Crippen molar-refractivity contribution in [1.82, 2.24) is 10.2 Å². The summed E-state index contributed by atoms with van der Waals surface area (Å²) in [5.41, 5.74) is 1.88. The molecule has 6 heteroatoms. The topological polar surface area (TPSA) is 50.8 Å². The van der Waals surface area contributed by atoms with Crippen LogP contribution >= 0.6 is 0 Å². The Morgan fingerprint density at radius 1 is 1.14 bits per heavy atom. The molecule has 0 radical (unpaired) electrons. The number of hydrogen-bond donors (Lipinski definition) is 1. The number of rotatable bonds is 4. The van der Waals surface area contributed by atoms with Crippen LogP contribution in [0.2, 0.25) is 0 Å². The summed E-state index contributed by atoms with van der Waals surface area (Å²) >= 11 is 0. The molecule has 2 heterocycles. The van der Waals surface area contributed by atoms with Gasteiger partial charge in [0.1, 0.15) is 18.2 Å². The Balaban J connectivity index is 1.55. The predicted molar refractivity (Wildman–Crippen MR) is 104 cm³/mol. The van der Waals surface area contributed by atoms with Crippen LogP contribution in [0.15, 0.2) is 48.5 Å². The summed E-state index contributed by atoms with van der Waals surface area (Å²) < 4.78 is 24.6. The average molecular weight is 384 g/mol. The number of carbonyl (C=O) groups is 1. The molecule has 0 saturated carbocycles. The van der Waals surface area contributed by atoms with Crippen molar-refractivity contribution in [2.45, 2.75) is 24.9 Å². The molecule has 2 aromatic rings. The van der Waals surface area contributed by atoms with E-state index in [1.54, 1.807) is 12.1 Å². The Kier molecular flexibility index (Phi) is 5.59. The number of para-hydroxylation sites is 1. The first kappa shape index (κ1) is 18.9. The second-order valence-corrected chi connectivity index (χ2v) is 7.33. The van der Waals surface area contributed by atoms with Gasteiger partial charge in [-0.25, -0.2) is 4.39 Å². The Hall–Kier alpha value is -2.44. The predicted octanol–water partition coefficient (Wildman–Crippen LogP) is 2.88. The number of halogens is 1. The van der Waals surface area contributed by atoms with E-state index in [0.29, 0.717) is 19.8 Å². The first-order valence-electron chi connectivity index (χ1n) is 9.73. The first-order valence-corrected chi connectivity index (χ1v) is 9.73. The van der Waals surface area contributed by atoms with E-state index < -0.39 is 0 Å². The molecule has 1 amide bonds. The van der Waals surface area contributed by atoms with Crippen LogP contribution in [-0.4, -0.2) is 49.8 Å². The summed E-state index contributed by atoms with van der Waals surface area (Å²) in [5.74, 6) is 0.109. The lowest BCUT2D eigenvalue weighted by Crippen LogP contribution is -2.54. The fraction of sp³-hybridized carbons (Fsp3) is 0.409. The molecule has 148 valence electrons. The number of fused-ring (bicyclic) bond motifs is 1. The van der Waals surface area contributed by atoms with Crippen molar-refractivity contribution < 1.29 is 18.7 Å². The number of morpholine rings is 1. The highest BCUT2D eigenvalue weighted by atomic mass is 19.1. The van der Waals surface area contributed by atoms with Crippen molar-refractivity contribution in [3.05, 3.63) is 65.5 Å². The minimum atomic E-state index is -0.372. The number of benzene rings is 2. The largest absolute Gasteiger partial charge is 0.491 e. The highest BCUT2D eigenvalue weighted by Gasteiger charge is 2.37. The molecule has 2 aliphatic rings. The molecule has 2 unspecified atom stereocenters. The number of ether oxygens (including phenoxy) is 2. The van der Waals surface area contributed by atoms with Gasteiger partial charge in [-0.05, 0) is 30.7 Å². The third kappa shape index (κ3) is 3.88. The van der Waals surface area contributed by atoms with E-state index in [4.69, 9.17) is 9.47 Å². The minimum Gasteiger partial charge on any atom is -0.491 e. The molecule has 2 aromatic carbocycles. The van der Waals surface area contributed by atoms with Gasteiger partial charge in [0.25, 0.3) is 0 Å². The molecule has 1 saturated heterocycles. The number of nitrogens with one attached hydrogen (secondary N) is 1. The van der Waals surface area contributed by atoms with Crippen LogP contribution in [0.3, 0.4) is 0 Å². The van der Waals surface area contributed by atoms with E-state index in [-0.39, 0.29) is 29.7 Å². The molecule has 4 rings (SSSR count). The number of amides is 1. The number of carbonyl (C=O) groups excluding carboxylic acids is 1. The molecule has 2 aliphatic heterocycles. The lowest BCUT2D eigenvalue weighted by molar-refractivity contribution is -0.124. The Morgan fingerprint density at radius 2 is 1.86 bits per heavy atom. The van der Waals surface area contributed by atoms with Gasteiger partial charge in [-0.3, -0.25) is 9.69 Å². The van der Waals surface area contributed by atoms with E-state index in [9.17, 15) is 9.18 Å². The molecule has 28 heavy (non-hydrogen) atoms. The molecule has 1 N–H and O–H groups in total. The minimum absolute atomic E-state index is 0.0400. The first-order chi connectivity index (χ1) is 13.6. The third-order valence-corrected chi connectivity index (χ3v) is 5.57. The Morgan fingerprint density at radius 3 is 2.61 bits per heavy atom. The van der Waals surface area contributed by atoms with Gasteiger partial charge in [-0.2, -0.15) is 0 Å². The van der Waals surface area contributed by atoms with Gasteiger partial charge in [0, 0.05) is 18.7 Å². The highest BCUT2D eigenvalue weighted by Crippen LogP contribution is 2.36. The van der Waals surface area contributed by atoms with Gasteiger partial charge in [0.05, 0.1) is 31.2 Å². The van der Waals surface area contributed by atoms with Gasteiger partial charge >= 0.3 is 0 Å². The van der Waals surface area contributed by atoms with Crippen molar-refractivity contribution in [2.75, 3.05) is 32.9 Å². The van der Waals surface area contributed by atoms with Crippen LogP contribution in [0.1, 0.15) is 30.0 Å². The highest BCUT2D eigenvalue weighted by molar-refractivity contribution is 5.83. The van der Waals surface area contributed by atoms with Crippen molar-refractivity contribution in [3.8, 4) is 5.75 Å². The normalized spacial score (nSPS) is 23.4. The summed E-state index contributed by atoms with van der Waals surface area (Å²) in [5, 5.41) is 3.18. The summed E-state index contributed by atoms with van der Waals surface area (Å²) in [7, 11) is 0. The molecule has 0 spiro atoms. The zero-order valence-corrected chi connectivity index (χ0v) is 15.9. The van der Waals surface area contributed by atoms with Gasteiger partial charge in [0.15, 0.2) is 0 Å². The van der Waals surface area contributed by atoms with Gasteiger partial charge < -0.3 is 14.8 Å². The maximum atomic E-state index is 13.2. The fourth-order valence-electron chi connectivity index (χ4n) is 3.98. The second-order valence-electron chi connectivity index (χ2n) is 7.33. The second kappa shape index (κ2) is 8.29. The fourth-order valence-corrected chi connectivity index (χ4v) is 3.98. The zero-order valence-electron chi connectivity index (χ0n) is 15.9. The van der Waals surface area contributed by atoms with E-state index in [1.807, 2.05) is 25.1 Å². The number of nitrogens with zero attached hydrogens (tertiary/aromatic N) is 1. The van der Waals surface area contributed by atoms with E-state index >= 15 is 0 Å². The number of hydrogen-bond acceptors (Lipinski definition) is 4. The third-order valence-electron chi connectivity index (χ3n) is 5.57. The van der Waals surface area contributed by atoms with Gasteiger partial charge in [-0.15, -0.1) is 0 Å². The average Bonchev–Trinajstić information content (AvgIpc) is 2.74. The van der Waals surface area contributed by atoms with Crippen molar-refractivity contribution in [2.24, 2.45) is 0 Å². The summed E-state index contributed by atoms with van der Waals surface area (Å²) in [6.07, 6.45) is 0. The molecule has 0 aromatic heterocycles. The quantitative estimate of drug-likeness (QED) is 0.881. The van der Waals surface area contributed by atoms with Crippen LogP contribution in [0.25, 0.3) is 0 Å². The molecular weight excluding hydrogens is 359 g/mol. The maximum absolute atomic E-state index is 13.2. The maximum Gasteiger partial charge on any atom is 0.227 e. The lowest BCUT2D eigenvalue weighted by Gasteiger charge is -2.42. The van der Waals surface area contributed by atoms with Crippen LogP contribution in [0, 0.1) is 5.82 Å². The monoisotopic (exact) mass is 384 g/mol.